The number of nitrogens with zero attached hydrogens (tertiary/aromatic N) is 2. The first kappa shape index (κ1) is 16.1. The van der Waals surface area contributed by atoms with Crippen LogP contribution in [0.25, 0.3) is 0 Å². The van der Waals surface area contributed by atoms with Crippen LogP contribution in [-0.2, 0) is 0 Å². The Kier molecular flexibility index (Phi) is 4.86. The third-order valence-electron chi connectivity index (χ3n) is 3.30. The lowest BCUT2D eigenvalue weighted by Crippen LogP contribution is -2.14. The number of aryl methyl sites for hydroxylation is 1. The van der Waals surface area contributed by atoms with Crippen LogP contribution in [0, 0.1) is 6.92 Å². The van der Waals surface area contributed by atoms with E-state index in [9.17, 15) is 4.79 Å². The lowest BCUT2D eigenvalue weighted by molar-refractivity contribution is 0.102. The van der Waals surface area contributed by atoms with Gasteiger partial charge in [0.05, 0.1) is 0 Å². The zero-order valence-electron chi connectivity index (χ0n) is 13.0. The van der Waals surface area contributed by atoms with Gasteiger partial charge < -0.3 is 10.6 Å². The average molecular weight is 383 g/mol. The van der Waals surface area contributed by atoms with Crippen molar-refractivity contribution < 1.29 is 4.79 Å². The predicted octanol–water partition coefficient (Wildman–Crippen LogP) is 4.54. The van der Waals surface area contributed by atoms with E-state index >= 15 is 0 Å². The van der Waals surface area contributed by atoms with Gasteiger partial charge in [0.25, 0.3) is 5.91 Å². The minimum absolute atomic E-state index is 0.278. The van der Waals surface area contributed by atoms with Gasteiger partial charge in [-0.3, -0.25) is 4.79 Å². The minimum atomic E-state index is -0.278. The van der Waals surface area contributed by atoms with Crippen LogP contribution >= 0.6 is 15.9 Å². The molecule has 0 aliphatic carbocycles. The Bertz CT molecular complexity index is 848. The van der Waals surface area contributed by atoms with Gasteiger partial charge in [-0.05, 0) is 49.4 Å². The third-order valence-corrected chi connectivity index (χ3v) is 3.83. The molecule has 1 amide bonds. The van der Waals surface area contributed by atoms with Gasteiger partial charge in [-0.25, -0.2) is 9.97 Å². The molecule has 0 bridgehead atoms. The summed E-state index contributed by atoms with van der Waals surface area (Å²) in [7, 11) is 0. The van der Waals surface area contributed by atoms with Gasteiger partial charge in [-0.15, -0.1) is 0 Å². The minimum Gasteiger partial charge on any atom is -0.324 e. The maximum absolute atomic E-state index is 12.3. The molecule has 120 valence electrons. The lowest BCUT2D eigenvalue weighted by Gasteiger charge is -2.08. The van der Waals surface area contributed by atoms with E-state index in [-0.39, 0.29) is 5.91 Å². The highest BCUT2D eigenvalue weighted by atomic mass is 79.9. The summed E-state index contributed by atoms with van der Waals surface area (Å²) in [5.41, 5.74) is 3.00. The molecule has 0 aliphatic heterocycles. The fraction of sp³-hybridized carbons (Fsp3) is 0.0556. The molecular weight excluding hydrogens is 368 g/mol. The number of benzene rings is 2. The summed E-state index contributed by atoms with van der Waals surface area (Å²) < 4.78 is 0.986. The van der Waals surface area contributed by atoms with Crippen LogP contribution in [0.4, 0.5) is 17.3 Å². The highest BCUT2D eigenvalue weighted by Crippen LogP contribution is 2.17. The smallest absolute Gasteiger partial charge is 0.274 e. The molecule has 2 N–H and O–H groups in total. The van der Waals surface area contributed by atoms with E-state index in [4.69, 9.17) is 0 Å². The summed E-state index contributed by atoms with van der Waals surface area (Å²) in [6, 6.07) is 16.8. The van der Waals surface area contributed by atoms with E-state index in [0.717, 1.165) is 21.4 Å². The molecule has 0 atom stereocenters. The quantitative estimate of drug-likeness (QED) is 0.694. The van der Waals surface area contributed by atoms with Crippen LogP contribution in [-0.4, -0.2) is 15.9 Å². The molecule has 3 aromatic rings. The summed E-state index contributed by atoms with van der Waals surface area (Å²) in [5, 5.41) is 5.90. The molecule has 24 heavy (non-hydrogen) atoms. The number of anilines is 3. The van der Waals surface area contributed by atoms with Gasteiger partial charge in [-0.1, -0.05) is 33.6 Å². The number of halogens is 1. The Morgan fingerprint density at radius 2 is 1.62 bits per heavy atom. The van der Waals surface area contributed by atoms with Crippen molar-refractivity contribution >= 4 is 39.2 Å². The third kappa shape index (κ3) is 4.17. The summed E-state index contributed by atoms with van der Waals surface area (Å²) in [6.07, 6.45) is 1.55. The Morgan fingerprint density at radius 1 is 0.958 bits per heavy atom. The number of rotatable bonds is 4. The van der Waals surface area contributed by atoms with Crippen LogP contribution in [0.2, 0.25) is 0 Å². The highest BCUT2D eigenvalue weighted by Gasteiger charge is 2.09. The number of hydrogen-bond acceptors (Lipinski definition) is 4. The number of carbonyl (C=O) groups excluding carboxylic acids is 1. The fourth-order valence-electron chi connectivity index (χ4n) is 2.04. The molecule has 0 fully saturated rings. The van der Waals surface area contributed by atoms with Crippen LogP contribution < -0.4 is 10.6 Å². The predicted molar refractivity (Wildman–Crippen MR) is 98.6 cm³/mol. The zero-order chi connectivity index (χ0) is 16.9. The van der Waals surface area contributed by atoms with Crippen molar-refractivity contribution in [2.45, 2.75) is 6.92 Å². The van der Waals surface area contributed by atoms with Crippen molar-refractivity contribution in [1.82, 2.24) is 9.97 Å². The maximum Gasteiger partial charge on any atom is 0.274 e. The molecule has 0 aliphatic rings. The topological polar surface area (TPSA) is 66.9 Å². The first-order valence-electron chi connectivity index (χ1n) is 7.34. The molecule has 1 heterocycles. The molecule has 0 saturated heterocycles. The Labute approximate surface area is 148 Å². The van der Waals surface area contributed by atoms with E-state index in [1.807, 2.05) is 55.5 Å². The summed E-state index contributed by atoms with van der Waals surface area (Å²) in [6.45, 7) is 2.00. The molecule has 0 saturated carbocycles. The number of hydrogen-bond donors (Lipinski definition) is 2. The van der Waals surface area contributed by atoms with E-state index in [1.54, 1.807) is 12.3 Å². The summed E-state index contributed by atoms with van der Waals surface area (Å²) in [5.74, 6) is 0.0917. The van der Waals surface area contributed by atoms with Gasteiger partial charge in [0.1, 0.15) is 5.69 Å². The van der Waals surface area contributed by atoms with Gasteiger partial charge in [0, 0.05) is 22.0 Å². The van der Waals surface area contributed by atoms with Crippen molar-refractivity contribution in [2.24, 2.45) is 0 Å². The standard InChI is InChI=1S/C18H15BrN4O/c1-12-2-6-14(7-3-12)21-17(24)16-10-11-20-18(23-16)22-15-8-4-13(19)5-9-15/h2-11H,1H3,(H,21,24)(H,20,22,23). The molecule has 0 unspecified atom stereocenters. The largest absolute Gasteiger partial charge is 0.324 e. The van der Waals surface area contributed by atoms with Crippen LogP contribution in [0.1, 0.15) is 16.1 Å². The normalized spacial score (nSPS) is 10.2. The van der Waals surface area contributed by atoms with Gasteiger partial charge >= 0.3 is 0 Å². The van der Waals surface area contributed by atoms with Gasteiger partial charge in [0.15, 0.2) is 0 Å². The molecular formula is C18H15BrN4O. The van der Waals surface area contributed by atoms with Crippen molar-refractivity contribution in [3.8, 4) is 0 Å². The molecule has 6 heteroatoms. The average Bonchev–Trinajstić information content (AvgIpc) is 2.59. The second kappa shape index (κ2) is 7.23. The van der Waals surface area contributed by atoms with Crippen LogP contribution in [0.3, 0.4) is 0 Å². The molecule has 0 radical (unpaired) electrons. The lowest BCUT2D eigenvalue weighted by atomic mass is 10.2. The van der Waals surface area contributed by atoms with Crippen molar-refractivity contribution in [1.29, 1.82) is 0 Å². The number of aromatic nitrogens is 2. The van der Waals surface area contributed by atoms with Crippen LogP contribution in [0.15, 0.2) is 65.3 Å². The first-order valence-corrected chi connectivity index (χ1v) is 8.13. The second-order valence-corrected chi connectivity index (χ2v) is 6.13. The molecule has 0 spiro atoms. The SMILES string of the molecule is Cc1ccc(NC(=O)c2ccnc(Nc3ccc(Br)cc3)n2)cc1. The van der Waals surface area contributed by atoms with Crippen LogP contribution in [0.5, 0.6) is 0 Å². The second-order valence-electron chi connectivity index (χ2n) is 5.22. The summed E-state index contributed by atoms with van der Waals surface area (Å²) in [4.78, 5) is 20.7. The monoisotopic (exact) mass is 382 g/mol. The highest BCUT2D eigenvalue weighted by molar-refractivity contribution is 9.10. The number of amides is 1. The number of carbonyl (C=O) groups is 1. The molecule has 5 nitrogen and oxygen atoms in total. The Balaban J connectivity index is 1.73. The van der Waals surface area contributed by atoms with E-state index in [0.29, 0.717) is 11.6 Å². The van der Waals surface area contributed by atoms with Crippen molar-refractivity contribution in [3.05, 3.63) is 76.5 Å². The zero-order valence-corrected chi connectivity index (χ0v) is 14.5. The Morgan fingerprint density at radius 3 is 2.33 bits per heavy atom. The Hall–Kier alpha value is -2.73. The van der Waals surface area contributed by atoms with E-state index in [1.165, 1.54) is 0 Å². The first-order chi connectivity index (χ1) is 11.6. The van der Waals surface area contributed by atoms with E-state index < -0.39 is 0 Å². The fourth-order valence-corrected chi connectivity index (χ4v) is 2.30. The van der Waals surface area contributed by atoms with Crippen molar-refractivity contribution in [2.75, 3.05) is 10.6 Å². The maximum atomic E-state index is 12.3. The summed E-state index contributed by atoms with van der Waals surface area (Å²) >= 11 is 3.39. The molecule has 1 aromatic heterocycles. The van der Waals surface area contributed by atoms with E-state index in [2.05, 4.69) is 36.5 Å². The molecule has 2 aromatic carbocycles. The van der Waals surface area contributed by atoms with Gasteiger partial charge in [-0.2, -0.15) is 0 Å². The molecule has 3 rings (SSSR count). The van der Waals surface area contributed by atoms with Gasteiger partial charge in [0.2, 0.25) is 5.95 Å². The van der Waals surface area contributed by atoms with Crippen molar-refractivity contribution in [3.63, 3.8) is 0 Å². The number of nitrogens with one attached hydrogen (secondary N) is 2.